The number of hydrogen-bond donors (Lipinski definition) is 2. The predicted molar refractivity (Wildman–Crippen MR) is 108 cm³/mol. The van der Waals surface area contributed by atoms with Crippen LogP contribution in [-0.4, -0.2) is 37.5 Å². The number of nitrogens with zero attached hydrogens (tertiary/aromatic N) is 1. The highest BCUT2D eigenvalue weighted by molar-refractivity contribution is 5.94. The molecule has 1 aliphatic heterocycles. The zero-order chi connectivity index (χ0) is 20.8. The summed E-state index contributed by atoms with van der Waals surface area (Å²) in [5.74, 6) is -1.81. The van der Waals surface area contributed by atoms with Gasteiger partial charge in [0.25, 0.3) is 5.91 Å². The van der Waals surface area contributed by atoms with Crippen molar-refractivity contribution in [1.82, 2.24) is 10.6 Å². The summed E-state index contributed by atoms with van der Waals surface area (Å²) in [6.07, 6.45) is 1.05. The molecule has 2 unspecified atom stereocenters. The molecule has 1 fully saturated rings. The molecule has 5 nitrogen and oxygen atoms in total. The molecule has 0 saturated carbocycles. The Bertz CT molecular complexity index is 860. The normalized spacial score (nSPS) is 17.1. The minimum atomic E-state index is -0.856. The van der Waals surface area contributed by atoms with Crippen molar-refractivity contribution in [3.05, 3.63) is 65.7 Å². The highest BCUT2D eigenvalue weighted by Gasteiger charge is 2.24. The molecule has 154 valence electrons. The van der Waals surface area contributed by atoms with Gasteiger partial charge in [0.15, 0.2) is 11.6 Å². The van der Waals surface area contributed by atoms with Gasteiger partial charge in [0.05, 0.1) is 0 Å². The minimum Gasteiger partial charge on any atom is -0.371 e. The van der Waals surface area contributed by atoms with Gasteiger partial charge in [0.2, 0.25) is 5.91 Å². The smallest absolute Gasteiger partial charge is 0.251 e. The molecule has 29 heavy (non-hydrogen) atoms. The van der Waals surface area contributed by atoms with E-state index in [0.717, 1.165) is 19.0 Å². The summed E-state index contributed by atoms with van der Waals surface area (Å²) in [5, 5.41) is 5.73. The number of hydrogen-bond acceptors (Lipinski definition) is 3. The fourth-order valence-electron chi connectivity index (χ4n) is 3.47. The van der Waals surface area contributed by atoms with Crippen LogP contribution in [0.3, 0.4) is 0 Å². The molecule has 0 bridgehead atoms. The van der Waals surface area contributed by atoms with Crippen LogP contribution >= 0.6 is 0 Å². The molecule has 2 N–H and O–H groups in total. The van der Waals surface area contributed by atoms with Crippen LogP contribution in [0.2, 0.25) is 0 Å². The van der Waals surface area contributed by atoms with Gasteiger partial charge in [-0.2, -0.15) is 0 Å². The molecule has 2 amide bonds. The number of amides is 2. The Morgan fingerprint density at radius 2 is 1.90 bits per heavy atom. The Balaban J connectivity index is 1.40. The third kappa shape index (κ3) is 5.76. The standard InChI is InChI=1S/C22H25F2N3O2/c1-15(26-22(29)17-5-3-2-4-6-17)11-21(28)25-13-16-9-10-27(14-16)18-7-8-19(23)20(24)12-18/h2-8,12,15-16H,9-11,13-14H2,1H3,(H,25,28)(H,26,29). The van der Waals surface area contributed by atoms with E-state index >= 15 is 0 Å². The number of anilines is 1. The lowest BCUT2D eigenvalue weighted by molar-refractivity contribution is -0.121. The van der Waals surface area contributed by atoms with Gasteiger partial charge in [-0.05, 0) is 43.5 Å². The predicted octanol–water partition coefficient (Wildman–Crippen LogP) is 3.12. The van der Waals surface area contributed by atoms with Gasteiger partial charge in [0.1, 0.15) is 0 Å². The summed E-state index contributed by atoms with van der Waals surface area (Å²) in [4.78, 5) is 26.3. The number of halogens is 2. The summed E-state index contributed by atoms with van der Waals surface area (Å²) in [6, 6.07) is 12.5. The molecule has 1 heterocycles. The van der Waals surface area contributed by atoms with E-state index < -0.39 is 11.6 Å². The van der Waals surface area contributed by atoms with Crippen molar-refractivity contribution >= 4 is 17.5 Å². The summed E-state index contributed by atoms with van der Waals surface area (Å²) >= 11 is 0. The first-order chi connectivity index (χ1) is 13.9. The van der Waals surface area contributed by atoms with E-state index in [2.05, 4.69) is 10.6 Å². The fourth-order valence-corrected chi connectivity index (χ4v) is 3.47. The fraction of sp³-hybridized carbons (Fsp3) is 0.364. The molecule has 2 aromatic rings. The van der Waals surface area contributed by atoms with Crippen LogP contribution < -0.4 is 15.5 Å². The van der Waals surface area contributed by atoms with Gasteiger partial charge in [-0.25, -0.2) is 8.78 Å². The topological polar surface area (TPSA) is 61.4 Å². The molecule has 2 aromatic carbocycles. The molecule has 7 heteroatoms. The number of rotatable bonds is 7. The number of benzene rings is 2. The molecule has 1 aliphatic rings. The first-order valence-electron chi connectivity index (χ1n) is 9.75. The lowest BCUT2D eigenvalue weighted by Crippen LogP contribution is -2.38. The van der Waals surface area contributed by atoms with E-state index in [0.29, 0.717) is 24.3 Å². The Kier molecular flexibility index (Phi) is 6.80. The van der Waals surface area contributed by atoms with E-state index in [4.69, 9.17) is 0 Å². The number of carbonyl (C=O) groups is 2. The molecule has 0 radical (unpaired) electrons. The van der Waals surface area contributed by atoms with Crippen LogP contribution in [0.25, 0.3) is 0 Å². The van der Waals surface area contributed by atoms with Crippen molar-refractivity contribution in [2.45, 2.75) is 25.8 Å². The Morgan fingerprint density at radius 1 is 1.14 bits per heavy atom. The van der Waals surface area contributed by atoms with Crippen LogP contribution in [0.5, 0.6) is 0 Å². The second-order valence-electron chi connectivity index (χ2n) is 7.45. The van der Waals surface area contributed by atoms with Crippen LogP contribution in [0.4, 0.5) is 14.5 Å². The van der Waals surface area contributed by atoms with E-state index in [1.807, 2.05) is 11.0 Å². The monoisotopic (exact) mass is 401 g/mol. The maximum Gasteiger partial charge on any atom is 0.251 e. The highest BCUT2D eigenvalue weighted by Crippen LogP contribution is 2.25. The van der Waals surface area contributed by atoms with Crippen LogP contribution in [0.1, 0.15) is 30.1 Å². The van der Waals surface area contributed by atoms with Crippen molar-refractivity contribution in [2.75, 3.05) is 24.5 Å². The lowest BCUT2D eigenvalue weighted by Gasteiger charge is -2.19. The van der Waals surface area contributed by atoms with Gasteiger partial charge in [-0.3, -0.25) is 9.59 Å². The SMILES string of the molecule is CC(CC(=O)NCC1CCN(c2ccc(F)c(F)c2)C1)NC(=O)c1ccccc1. The number of carbonyl (C=O) groups excluding carboxylic acids is 2. The average Bonchev–Trinajstić information content (AvgIpc) is 3.18. The Hall–Kier alpha value is -2.96. The molecule has 2 atom stereocenters. The van der Waals surface area contributed by atoms with Gasteiger partial charge in [0, 0.05) is 49.4 Å². The molecular formula is C22H25F2N3O2. The third-order valence-corrected chi connectivity index (χ3v) is 5.05. The van der Waals surface area contributed by atoms with E-state index in [1.54, 1.807) is 37.3 Å². The zero-order valence-corrected chi connectivity index (χ0v) is 16.3. The van der Waals surface area contributed by atoms with E-state index in [1.165, 1.54) is 6.07 Å². The molecule has 0 aromatic heterocycles. The summed E-state index contributed by atoms with van der Waals surface area (Å²) in [6.45, 7) is 3.71. The molecule has 0 aliphatic carbocycles. The zero-order valence-electron chi connectivity index (χ0n) is 16.3. The first kappa shape index (κ1) is 20.8. The van der Waals surface area contributed by atoms with E-state index in [-0.39, 0.29) is 30.2 Å². The van der Waals surface area contributed by atoms with Crippen molar-refractivity contribution in [3.63, 3.8) is 0 Å². The van der Waals surface area contributed by atoms with Crippen molar-refractivity contribution in [1.29, 1.82) is 0 Å². The largest absolute Gasteiger partial charge is 0.371 e. The highest BCUT2D eigenvalue weighted by atomic mass is 19.2. The number of nitrogens with one attached hydrogen (secondary N) is 2. The average molecular weight is 401 g/mol. The van der Waals surface area contributed by atoms with Gasteiger partial charge < -0.3 is 15.5 Å². The minimum absolute atomic E-state index is 0.128. The lowest BCUT2D eigenvalue weighted by atomic mass is 10.1. The summed E-state index contributed by atoms with van der Waals surface area (Å²) in [7, 11) is 0. The van der Waals surface area contributed by atoms with Gasteiger partial charge in [-0.15, -0.1) is 0 Å². The van der Waals surface area contributed by atoms with Crippen molar-refractivity contribution < 1.29 is 18.4 Å². The molecule has 1 saturated heterocycles. The molecule has 0 spiro atoms. The quantitative estimate of drug-likeness (QED) is 0.750. The maximum atomic E-state index is 13.4. The van der Waals surface area contributed by atoms with Crippen molar-refractivity contribution in [2.24, 2.45) is 5.92 Å². The maximum absolute atomic E-state index is 13.4. The van der Waals surface area contributed by atoms with Gasteiger partial charge >= 0.3 is 0 Å². The van der Waals surface area contributed by atoms with Crippen LogP contribution in [0, 0.1) is 17.6 Å². The Labute approximate surface area is 169 Å². The van der Waals surface area contributed by atoms with Crippen LogP contribution in [0.15, 0.2) is 48.5 Å². The second kappa shape index (κ2) is 9.49. The molecular weight excluding hydrogens is 376 g/mol. The van der Waals surface area contributed by atoms with Crippen molar-refractivity contribution in [3.8, 4) is 0 Å². The summed E-state index contributed by atoms with van der Waals surface area (Å²) < 4.78 is 26.5. The van der Waals surface area contributed by atoms with Gasteiger partial charge in [-0.1, -0.05) is 18.2 Å². The van der Waals surface area contributed by atoms with Crippen LogP contribution in [-0.2, 0) is 4.79 Å². The first-order valence-corrected chi connectivity index (χ1v) is 9.75. The second-order valence-corrected chi connectivity index (χ2v) is 7.45. The Morgan fingerprint density at radius 3 is 2.62 bits per heavy atom. The molecule has 3 rings (SSSR count). The summed E-state index contributed by atoms with van der Waals surface area (Å²) in [5.41, 5.74) is 1.21. The third-order valence-electron chi connectivity index (χ3n) is 5.05. The van der Waals surface area contributed by atoms with E-state index in [9.17, 15) is 18.4 Å².